The molecule has 0 bridgehead atoms. The lowest BCUT2D eigenvalue weighted by molar-refractivity contribution is -0.142. The molecular weight excluding hydrogens is 323 g/mol. The number of aliphatic carboxylic acids is 1. The Labute approximate surface area is 139 Å². The van der Waals surface area contributed by atoms with Crippen LogP contribution in [0.15, 0.2) is 18.2 Å². The molecule has 7 heteroatoms. The van der Waals surface area contributed by atoms with Crippen LogP contribution >= 0.6 is 11.6 Å². The summed E-state index contributed by atoms with van der Waals surface area (Å²) < 4.78 is 13.7. The van der Waals surface area contributed by atoms with Crippen molar-refractivity contribution in [1.82, 2.24) is 10.2 Å². The Balaban J connectivity index is 1.86. The molecule has 2 rings (SSSR count). The zero-order valence-electron chi connectivity index (χ0n) is 12.9. The van der Waals surface area contributed by atoms with Crippen molar-refractivity contribution in [3.8, 4) is 0 Å². The number of hydrogen-bond acceptors (Lipinski definition) is 2. The van der Waals surface area contributed by atoms with Crippen LogP contribution in [0.1, 0.15) is 31.2 Å². The first kappa shape index (κ1) is 17.5. The topological polar surface area (TPSA) is 69.6 Å². The van der Waals surface area contributed by atoms with E-state index in [1.807, 2.05) is 0 Å². The van der Waals surface area contributed by atoms with E-state index < -0.39 is 11.8 Å². The van der Waals surface area contributed by atoms with Crippen LogP contribution in [0.25, 0.3) is 0 Å². The van der Waals surface area contributed by atoms with E-state index in [1.54, 1.807) is 7.05 Å². The number of amides is 2. The van der Waals surface area contributed by atoms with Crippen LogP contribution in [0.4, 0.5) is 9.18 Å². The average molecular weight is 343 g/mol. The molecular formula is C16H20ClFN2O3. The van der Waals surface area contributed by atoms with Crippen molar-refractivity contribution in [3.63, 3.8) is 0 Å². The third-order valence-electron chi connectivity index (χ3n) is 4.17. The van der Waals surface area contributed by atoms with E-state index in [0.29, 0.717) is 36.3 Å². The Kier molecular flexibility index (Phi) is 5.82. The molecule has 0 aliphatic heterocycles. The van der Waals surface area contributed by atoms with E-state index in [0.717, 1.165) is 0 Å². The number of carbonyl (C=O) groups is 2. The fraction of sp³-hybridized carbons (Fsp3) is 0.500. The molecule has 1 aliphatic rings. The molecule has 1 aliphatic carbocycles. The molecule has 5 nitrogen and oxygen atoms in total. The molecule has 0 unspecified atom stereocenters. The fourth-order valence-corrected chi connectivity index (χ4v) is 2.96. The number of halogens is 2. The van der Waals surface area contributed by atoms with E-state index in [1.165, 1.54) is 23.1 Å². The molecule has 1 aromatic carbocycles. The molecule has 23 heavy (non-hydrogen) atoms. The van der Waals surface area contributed by atoms with Crippen molar-refractivity contribution in [2.45, 2.75) is 38.3 Å². The number of carboxylic acid groups (broad SMARTS) is 1. The zero-order valence-corrected chi connectivity index (χ0v) is 13.6. The predicted molar refractivity (Wildman–Crippen MR) is 84.8 cm³/mol. The Bertz CT molecular complexity index is 589. The second-order valence-electron chi connectivity index (χ2n) is 5.93. The quantitative estimate of drug-likeness (QED) is 0.882. The summed E-state index contributed by atoms with van der Waals surface area (Å²) in [7, 11) is 1.58. The van der Waals surface area contributed by atoms with Crippen LogP contribution in [-0.2, 0) is 11.3 Å². The van der Waals surface area contributed by atoms with Crippen molar-refractivity contribution >= 4 is 23.6 Å². The van der Waals surface area contributed by atoms with Crippen molar-refractivity contribution in [2.24, 2.45) is 5.92 Å². The van der Waals surface area contributed by atoms with Crippen molar-refractivity contribution in [3.05, 3.63) is 34.6 Å². The third kappa shape index (κ3) is 4.82. The van der Waals surface area contributed by atoms with Gasteiger partial charge < -0.3 is 15.3 Å². The lowest BCUT2D eigenvalue weighted by Crippen LogP contribution is -2.44. The SMILES string of the molecule is CN(Cc1cc(Cl)ccc1F)C(=O)NC1CCC(C(=O)O)CC1. The maximum atomic E-state index is 13.7. The highest BCUT2D eigenvalue weighted by molar-refractivity contribution is 6.30. The van der Waals surface area contributed by atoms with Crippen molar-refractivity contribution < 1.29 is 19.1 Å². The standard InChI is InChI=1S/C16H20ClFN2O3/c1-20(9-11-8-12(17)4-7-14(11)18)16(23)19-13-5-2-10(3-6-13)15(21)22/h4,7-8,10,13H,2-3,5-6,9H2,1H3,(H,19,23)(H,21,22). The average Bonchev–Trinajstić information content (AvgIpc) is 2.51. The smallest absolute Gasteiger partial charge is 0.317 e. The summed E-state index contributed by atoms with van der Waals surface area (Å²) in [4.78, 5) is 24.5. The molecule has 0 saturated heterocycles. The minimum Gasteiger partial charge on any atom is -0.481 e. The van der Waals surface area contributed by atoms with Gasteiger partial charge in [0.2, 0.25) is 0 Å². The fourth-order valence-electron chi connectivity index (χ4n) is 2.76. The van der Waals surface area contributed by atoms with Crippen LogP contribution < -0.4 is 5.32 Å². The van der Waals surface area contributed by atoms with Crippen LogP contribution in [0.5, 0.6) is 0 Å². The van der Waals surface area contributed by atoms with Gasteiger partial charge in [0.1, 0.15) is 5.82 Å². The van der Waals surface area contributed by atoms with Gasteiger partial charge in [0.25, 0.3) is 0 Å². The highest BCUT2D eigenvalue weighted by Gasteiger charge is 2.27. The van der Waals surface area contributed by atoms with Crippen molar-refractivity contribution in [1.29, 1.82) is 0 Å². The number of hydrogen-bond donors (Lipinski definition) is 2. The number of urea groups is 1. The minimum absolute atomic E-state index is 0.0373. The highest BCUT2D eigenvalue weighted by Crippen LogP contribution is 2.24. The van der Waals surface area contributed by atoms with Crippen molar-refractivity contribution in [2.75, 3.05) is 7.05 Å². The molecule has 1 saturated carbocycles. The first-order valence-corrected chi connectivity index (χ1v) is 7.93. The lowest BCUT2D eigenvalue weighted by atomic mass is 9.86. The maximum Gasteiger partial charge on any atom is 0.317 e. The third-order valence-corrected chi connectivity index (χ3v) is 4.40. The minimum atomic E-state index is -0.775. The monoisotopic (exact) mass is 342 g/mol. The molecule has 126 valence electrons. The van der Waals surface area contributed by atoms with Gasteiger partial charge in [-0.05, 0) is 43.9 Å². The molecule has 0 aromatic heterocycles. The van der Waals surface area contributed by atoms with Gasteiger partial charge in [0.05, 0.1) is 5.92 Å². The van der Waals surface area contributed by atoms with E-state index in [-0.39, 0.29) is 24.5 Å². The van der Waals surface area contributed by atoms with E-state index in [4.69, 9.17) is 16.7 Å². The summed E-state index contributed by atoms with van der Waals surface area (Å²) in [6.07, 6.45) is 2.41. The Morgan fingerprint density at radius 2 is 2.00 bits per heavy atom. The summed E-state index contributed by atoms with van der Waals surface area (Å²) in [6.45, 7) is 0.114. The number of nitrogens with zero attached hydrogens (tertiary/aromatic N) is 1. The summed E-state index contributed by atoms with van der Waals surface area (Å²) in [5.74, 6) is -1.50. The van der Waals surface area contributed by atoms with Crippen LogP contribution in [-0.4, -0.2) is 35.1 Å². The first-order chi connectivity index (χ1) is 10.9. The van der Waals surface area contributed by atoms with Crippen LogP contribution in [0, 0.1) is 11.7 Å². The first-order valence-electron chi connectivity index (χ1n) is 7.55. The van der Waals surface area contributed by atoms with Gasteiger partial charge in [0.15, 0.2) is 0 Å². The molecule has 2 N–H and O–H groups in total. The van der Waals surface area contributed by atoms with Gasteiger partial charge in [-0.15, -0.1) is 0 Å². The Morgan fingerprint density at radius 1 is 1.35 bits per heavy atom. The van der Waals surface area contributed by atoms with E-state index in [9.17, 15) is 14.0 Å². The largest absolute Gasteiger partial charge is 0.481 e. The van der Waals surface area contributed by atoms with Gasteiger partial charge in [-0.1, -0.05) is 11.6 Å². The molecule has 2 amide bonds. The van der Waals surface area contributed by atoms with Crippen LogP contribution in [0.2, 0.25) is 5.02 Å². The van der Waals surface area contributed by atoms with E-state index in [2.05, 4.69) is 5.32 Å². The lowest BCUT2D eigenvalue weighted by Gasteiger charge is -2.29. The van der Waals surface area contributed by atoms with Gasteiger partial charge in [-0.2, -0.15) is 0 Å². The Morgan fingerprint density at radius 3 is 2.61 bits per heavy atom. The van der Waals surface area contributed by atoms with Crippen LogP contribution in [0.3, 0.4) is 0 Å². The molecule has 0 radical (unpaired) electrons. The Hall–Kier alpha value is -1.82. The van der Waals surface area contributed by atoms with Gasteiger partial charge in [-0.3, -0.25) is 4.79 Å². The zero-order chi connectivity index (χ0) is 17.0. The maximum absolute atomic E-state index is 13.7. The second kappa shape index (κ2) is 7.64. The highest BCUT2D eigenvalue weighted by atomic mass is 35.5. The van der Waals surface area contributed by atoms with Gasteiger partial charge >= 0.3 is 12.0 Å². The van der Waals surface area contributed by atoms with Gasteiger partial charge in [0, 0.05) is 30.2 Å². The molecule has 0 heterocycles. The molecule has 1 aromatic rings. The number of rotatable bonds is 4. The summed E-state index contributed by atoms with van der Waals surface area (Å²) in [5.41, 5.74) is 0.352. The second-order valence-corrected chi connectivity index (χ2v) is 6.36. The number of nitrogens with one attached hydrogen (secondary N) is 1. The number of carbonyl (C=O) groups excluding carboxylic acids is 1. The summed E-state index contributed by atoms with van der Waals surface area (Å²) >= 11 is 5.84. The molecule has 0 spiro atoms. The number of carboxylic acids is 1. The normalized spacial score (nSPS) is 20.8. The number of benzene rings is 1. The summed E-state index contributed by atoms with van der Waals surface area (Å²) in [6, 6.07) is 3.89. The predicted octanol–water partition coefficient (Wildman–Crippen LogP) is 3.26. The van der Waals surface area contributed by atoms with E-state index >= 15 is 0 Å². The molecule has 0 atom stereocenters. The molecule has 1 fully saturated rings. The summed E-state index contributed by atoms with van der Waals surface area (Å²) in [5, 5.41) is 12.3. The van der Waals surface area contributed by atoms with Gasteiger partial charge in [-0.25, -0.2) is 9.18 Å².